The van der Waals surface area contributed by atoms with E-state index in [0.717, 1.165) is 12.8 Å². The summed E-state index contributed by atoms with van der Waals surface area (Å²) >= 11 is 0. The number of ether oxygens (including phenoxy) is 2. The minimum atomic E-state index is -1.13. The van der Waals surface area contributed by atoms with Crippen molar-refractivity contribution in [2.75, 3.05) is 23.6 Å². The standard InChI is InChI=1S/C17H23NO4S/c1-17(7-3-2-4-8-17)11-23(20)10-16(19)18-13-5-6-14-15(9-13)22-12-21-14/h5-6,9H,2-4,7-8,10-12H2,1H3,(H,18,19). The summed E-state index contributed by atoms with van der Waals surface area (Å²) in [7, 11) is -1.13. The van der Waals surface area contributed by atoms with Crippen LogP contribution in [0.3, 0.4) is 0 Å². The van der Waals surface area contributed by atoms with Crippen LogP contribution < -0.4 is 14.8 Å². The lowest BCUT2D eigenvalue weighted by Gasteiger charge is -2.32. The summed E-state index contributed by atoms with van der Waals surface area (Å²) in [6, 6.07) is 5.25. The smallest absolute Gasteiger partial charge is 0.236 e. The maximum atomic E-state index is 12.3. The average Bonchev–Trinajstić information content (AvgIpc) is 2.94. The Morgan fingerprint density at radius 2 is 1.96 bits per heavy atom. The van der Waals surface area contributed by atoms with Gasteiger partial charge in [-0.15, -0.1) is 0 Å². The van der Waals surface area contributed by atoms with Crippen molar-refractivity contribution < 1.29 is 18.5 Å². The Morgan fingerprint density at radius 3 is 2.74 bits per heavy atom. The fourth-order valence-electron chi connectivity index (χ4n) is 3.31. The normalized spacial score (nSPS) is 20.0. The first kappa shape index (κ1) is 16.3. The lowest BCUT2D eigenvalue weighted by atomic mass is 9.77. The predicted octanol–water partition coefficient (Wildman–Crippen LogP) is 3.07. The largest absolute Gasteiger partial charge is 0.454 e. The third-order valence-electron chi connectivity index (χ3n) is 4.52. The third-order valence-corrected chi connectivity index (χ3v) is 6.12. The van der Waals surface area contributed by atoms with E-state index >= 15 is 0 Å². The van der Waals surface area contributed by atoms with Crippen LogP contribution in [0.25, 0.3) is 0 Å². The van der Waals surface area contributed by atoms with Crippen LogP contribution in [0.5, 0.6) is 11.5 Å². The van der Waals surface area contributed by atoms with Gasteiger partial charge in [-0.3, -0.25) is 9.00 Å². The summed E-state index contributed by atoms with van der Waals surface area (Å²) in [6.07, 6.45) is 5.91. The van der Waals surface area contributed by atoms with Crippen molar-refractivity contribution in [3.63, 3.8) is 0 Å². The molecule has 1 amide bonds. The molecule has 1 N–H and O–H groups in total. The molecule has 0 bridgehead atoms. The van der Waals surface area contributed by atoms with Gasteiger partial charge in [0.05, 0.1) is 0 Å². The Morgan fingerprint density at radius 1 is 1.22 bits per heavy atom. The molecule has 1 saturated carbocycles. The molecule has 1 aromatic carbocycles. The van der Waals surface area contributed by atoms with Gasteiger partial charge < -0.3 is 14.8 Å². The van der Waals surface area contributed by atoms with E-state index < -0.39 is 10.8 Å². The van der Waals surface area contributed by atoms with E-state index in [1.807, 2.05) is 0 Å². The summed E-state index contributed by atoms with van der Waals surface area (Å²) in [6.45, 7) is 2.40. The Labute approximate surface area is 139 Å². The lowest BCUT2D eigenvalue weighted by Crippen LogP contribution is -2.30. The maximum absolute atomic E-state index is 12.3. The number of hydrogen-bond acceptors (Lipinski definition) is 4. The van der Waals surface area contributed by atoms with Gasteiger partial charge in [-0.25, -0.2) is 0 Å². The minimum Gasteiger partial charge on any atom is -0.454 e. The van der Waals surface area contributed by atoms with Gasteiger partial charge >= 0.3 is 0 Å². The fourth-order valence-corrected chi connectivity index (χ4v) is 4.84. The highest BCUT2D eigenvalue weighted by molar-refractivity contribution is 7.85. The van der Waals surface area contributed by atoms with Gasteiger partial charge in [0.15, 0.2) is 11.5 Å². The SMILES string of the molecule is CC1(CS(=O)CC(=O)Nc2ccc3c(c2)OCO3)CCCCC1. The summed E-state index contributed by atoms with van der Waals surface area (Å²) in [5.41, 5.74) is 0.766. The lowest BCUT2D eigenvalue weighted by molar-refractivity contribution is -0.113. The van der Waals surface area contributed by atoms with Gasteiger partial charge in [0.1, 0.15) is 5.75 Å². The minimum absolute atomic E-state index is 0.0457. The number of nitrogens with one attached hydrogen (secondary N) is 1. The van der Waals surface area contributed by atoms with Crippen LogP contribution in [0.15, 0.2) is 18.2 Å². The molecule has 1 aliphatic heterocycles. The predicted molar refractivity (Wildman–Crippen MR) is 90.3 cm³/mol. The average molecular weight is 337 g/mol. The number of carbonyl (C=O) groups is 1. The molecule has 3 rings (SSSR count). The Bertz CT molecular complexity index is 611. The highest BCUT2D eigenvalue weighted by atomic mass is 32.2. The van der Waals surface area contributed by atoms with Gasteiger partial charge in [-0.1, -0.05) is 26.2 Å². The van der Waals surface area contributed by atoms with Crippen molar-refractivity contribution in [3.05, 3.63) is 18.2 Å². The number of anilines is 1. The molecule has 0 spiro atoms. The number of fused-ring (bicyclic) bond motifs is 1. The third kappa shape index (κ3) is 4.25. The zero-order valence-electron chi connectivity index (χ0n) is 13.4. The summed E-state index contributed by atoms with van der Waals surface area (Å²) in [5, 5.41) is 2.78. The second-order valence-corrected chi connectivity index (χ2v) is 8.17. The van der Waals surface area contributed by atoms with Crippen LogP contribution >= 0.6 is 0 Å². The summed E-state index contributed by atoms with van der Waals surface area (Å²) in [5.74, 6) is 1.74. The van der Waals surface area contributed by atoms with E-state index in [9.17, 15) is 9.00 Å². The molecular formula is C17H23NO4S. The van der Waals surface area contributed by atoms with Crippen LogP contribution in [0.4, 0.5) is 5.69 Å². The van der Waals surface area contributed by atoms with Crippen molar-refractivity contribution in [1.29, 1.82) is 0 Å². The Kier molecular flexibility index (Phi) is 4.90. The summed E-state index contributed by atoms with van der Waals surface area (Å²) < 4.78 is 22.8. The molecule has 126 valence electrons. The van der Waals surface area contributed by atoms with Crippen LogP contribution in [-0.2, 0) is 15.6 Å². The highest BCUT2D eigenvalue weighted by Gasteiger charge is 2.29. The molecule has 0 aromatic heterocycles. The molecule has 1 heterocycles. The van der Waals surface area contributed by atoms with Gasteiger partial charge in [-0.2, -0.15) is 0 Å². The van der Waals surface area contributed by atoms with E-state index in [1.54, 1.807) is 18.2 Å². The molecule has 0 saturated heterocycles. The number of rotatable bonds is 5. The van der Waals surface area contributed by atoms with Crippen LogP contribution in [-0.4, -0.2) is 28.4 Å². The van der Waals surface area contributed by atoms with Crippen molar-refractivity contribution in [2.24, 2.45) is 5.41 Å². The second kappa shape index (κ2) is 6.91. The Balaban J connectivity index is 1.51. The number of hydrogen-bond donors (Lipinski definition) is 1. The quantitative estimate of drug-likeness (QED) is 0.897. The first-order valence-electron chi connectivity index (χ1n) is 8.09. The van der Waals surface area contributed by atoms with Crippen molar-refractivity contribution in [1.82, 2.24) is 0 Å². The van der Waals surface area contributed by atoms with Crippen molar-refractivity contribution in [3.8, 4) is 11.5 Å². The van der Waals surface area contributed by atoms with Crippen LogP contribution in [0.1, 0.15) is 39.0 Å². The molecule has 5 nitrogen and oxygen atoms in total. The first-order chi connectivity index (χ1) is 11.0. The Hall–Kier alpha value is -1.56. The number of amides is 1. The molecule has 23 heavy (non-hydrogen) atoms. The van der Waals surface area contributed by atoms with Gasteiger partial charge in [0.2, 0.25) is 12.7 Å². The molecule has 1 aliphatic carbocycles. The van der Waals surface area contributed by atoms with E-state index in [2.05, 4.69) is 12.2 Å². The van der Waals surface area contributed by atoms with Gasteiger partial charge in [0, 0.05) is 28.3 Å². The van der Waals surface area contributed by atoms with Crippen LogP contribution in [0.2, 0.25) is 0 Å². The van der Waals surface area contributed by atoms with Crippen LogP contribution in [0, 0.1) is 5.41 Å². The molecule has 6 heteroatoms. The molecule has 2 aliphatic rings. The molecule has 0 radical (unpaired) electrons. The van der Waals surface area contributed by atoms with E-state index in [4.69, 9.17) is 9.47 Å². The van der Waals surface area contributed by atoms with E-state index in [-0.39, 0.29) is 23.9 Å². The topological polar surface area (TPSA) is 64.6 Å². The van der Waals surface area contributed by atoms with E-state index in [1.165, 1.54) is 19.3 Å². The number of benzene rings is 1. The fraction of sp³-hybridized carbons (Fsp3) is 0.588. The maximum Gasteiger partial charge on any atom is 0.236 e. The monoisotopic (exact) mass is 337 g/mol. The molecule has 1 unspecified atom stereocenters. The van der Waals surface area contributed by atoms with Crippen molar-refractivity contribution in [2.45, 2.75) is 39.0 Å². The van der Waals surface area contributed by atoms with Gasteiger partial charge in [0.25, 0.3) is 0 Å². The molecule has 1 atom stereocenters. The number of carbonyl (C=O) groups excluding carboxylic acids is 1. The van der Waals surface area contributed by atoms with E-state index in [0.29, 0.717) is 22.9 Å². The molecule has 1 aromatic rings. The molecular weight excluding hydrogens is 314 g/mol. The zero-order valence-corrected chi connectivity index (χ0v) is 14.2. The van der Waals surface area contributed by atoms with Crippen molar-refractivity contribution >= 4 is 22.4 Å². The molecule has 1 fully saturated rings. The summed E-state index contributed by atoms with van der Waals surface area (Å²) in [4.78, 5) is 12.1. The first-order valence-corrected chi connectivity index (χ1v) is 9.57. The zero-order chi connectivity index (χ0) is 16.3. The second-order valence-electron chi connectivity index (χ2n) is 6.72. The highest BCUT2D eigenvalue weighted by Crippen LogP contribution is 2.36. The van der Waals surface area contributed by atoms with Gasteiger partial charge in [-0.05, 0) is 30.4 Å².